The Morgan fingerprint density at radius 1 is 1.13 bits per heavy atom. The van der Waals surface area contributed by atoms with Crippen LogP contribution in [-0.4, -0.2) is 35.3 Å². The van der Waals surface area contributed by atoms with E-state index in [2.05, 4.69) is 21.2 Å². The first kappa shape index (κ1) is 22.0. The number of carbonyl (C=O) groups is 2. The highest BCUT2D eigenvalue weighted by Crippen LogP contribution is 2.32. The molecule has 3 rings (SSSR count). The van der Waals surface area contributed by atoms with Gasteiger partial charge in [0.05, 0.1) is 16.5 Å². The zero-order chi connectivity index (χ0) is 22.4. The fraction of sp³-hybridized carbons (Fsp3) is 0.0909. The lowest BCUT2D eigenvalue weighted by Crippen LogP contribution is -2.36. The Morgan fingerprint density at radius 2 is 1.84 bits per heavy atom. The Labute approximate surface area is 186 Å². The van der Waals surface area contributed by atoms with Gasteiger partial charge in [-0.3, -0.25) is 19.7 Å². The number of ether oxygens (including phenoxy) is 1. The molecule has 2 amide bonds. The maximum Gasteiger partial charge on any atom is 0.275 e. The Balaban J connectivity index is 2.00. The number of para-hydroxylation sites is 1. The first-order valence-corrected chi connectivity index (χ1v) is 9.95. The molecule has 0 fully saturated rings. The average Bonchev–Trinajstić information content (AvgIpc) is 2.82. The van der Waals surface area contributed by atoms with E-state index in [1.807, 2.05) is 12.2 Å². The van der Waals surface area contributed by atoms with E-state index < -0.39 is 16.7 Å². The number of nitrogens with zero attached hydrogens (tertiary/aromatic N) is 2. The van der Waals surface area contributed by atoms with Crippen LogP contribution in [0.4, 0.5) is 5.69 Å². The van der Waals surface area contributed by atoms with Gasteiger partial charge in [0.1, 0.15) is 11.4 Å². The van der Waals surface area contributed by atoms with E-state index in [9.17, 15) is 19.7 Å². The summed E-state index contributed by atoms with van der Waals surface area (Å²) in [5.74, 6) is -0.506. The summed E-state index contributed by atoms with van der Waals surface area (Å²) in [7, 11) is 1.51. The number of nitro groups is 1. The molecular formula is C22H18BrN3O5. The number of hydrogen-bond acceptors (Lipinski definition) is 5. The molecule has 1 aliphatic rings. The number of non-ortho nitro benzene ring substituents is 1. The minimum Gasteiger partial charge on any atom is -0.496 e. The number of rotatable bonds is 6. The van der Waals surface area contributed by atoms with E-state index >= 15 is 0 Å². The van der Waals surface area contributed by atoms with Gasteiger partial charge in [0.15, 0.2) is 0 Å². The van der Waals surface area contributed by atoms with E-state index in [1.54, 1.807) is 36.5 Å². The first-order valence-electron chi connectivity index (χ1n) is 9.15. The minimum atomic E-state index is -0.582. The van der Waals surface area contributed by atoms with Crippen molar-refractivity contribution < 1.29 is 19.2 Å². The maximum atomic E-state index is 13.2. The average molecular weight is 484 g/mol. The van der Waals surface area contributed by atoms with E-state index in [4.69, 9.17) is 4.74 Å². The Hall–Kier alpha value is -3.72. The molecule has 0 aromatic heterocycles. The summed E-state index contributed by atoms with van der Waals surface area (Å²) in [6.45, 7) is 0.346. The van der Waals surface area contributed by atoms with Crippen molar-refractivity contribution in [3.63, 3.8) is 0 Å². The molecule has 0 aliphatic carbocycles. The molecule has 0 unspecified atom stereocenters. The smallest absolute Gasteiger partial charge is 0.275 e. The summed E-state index contributed by atoms with van der Waals surface area (Å²) in [6, 6.07) is 12.2. The third-order valence-corrected chi connectivity index (χ3v) is 5.26. The summed E-state index contributed by atoms with van der Waals surface area (Å²) >= 11 is 3.45. The molecule has 2 aromatic carbocycles. The van der Waals surface area contributed by atoms with Gasteiger partial charge >= 0.3 is 0 Å². The monoisotopic (exact) mass is 483 g/mol. The van der Waals surface area contributed by atoms with E-state index in [0.29, 0.717) is 22.3 Å². The van der Waals surface area contributed by atoms with Gasteiger partial charge in [0, 0.05) is 36.0 Å². The van der Waals surface area contributed by atoms with Crippen LogP contribution in [0.25, 0.3) is 4.48 Å². The van der Waals surface area contributed by atoms with Crippen molar-refractivity contribution in [2.45, 2.75) is 0 Å². The van der Waals surface area contributed by atoms with Crippen molar-refractivity contribution in [2.24, 2.45) is 0 Å². The van der Waals surface area contributed by atoms with Crippen LogP contribution in [0.5, 0.6) is 5.75 Å². The molecule has 0 saturated heterocycles. The quantitative estimate of drug-likeness (QED) is 0.379. The standard InChI is InChI=1S/C22H18BrN3O5/c1-31-18-8-4-3-7-17(18)19(23)20(22(28)25-13-5-2-6-14-25)24-21(27)15-9-11-16(12-10-15)26(29)30/h2-13H,14H2,1H3,(H,24,27)/b20-19+. The summed E-state index contributed by atoms with van der Waals surface area (Å²) < 4.78 is 5.72. The molecule has 2 aromatic rings. The van der Waals surface area contributed by atoms with Crippen molar-refractivity contribution in [3.8, 4) is 5.75 Å². The molecule has 0 atom stereocenters. The van der Waals surface area contributed by atoms with Crippen molar-refractivity contribution in [3.05, 3.63) is 99.9 Å². The second kappa shape index (κ2) is 9.86. The first-order chi connectivity index (χ1) is 14.9. The number of hydrogen-bond donors (Lipinski definition) is 1. The molecule has 1 N–H and O–H groups in total. The summed E-state index contributed by atoms with van der Waals surface area (Å²) in [6.07, 6.45) is 6.96. The van der Waals surface area contributed by atoms with Crippen LogP contribution in [0, 0.1) is 10.1 Å². The number of nitro benzene ring substituents is 1. The minimum absolute atomic E-state index is 0.00722. The predicted octanol–water partition coefficient (Wildman–Crippen LogP) is 4.01. The fourth-order valence-electron chi connectivity index (χ4n) is 2.84. The highest BCUT2D eigenvalue weighted by atomic mass is 79.9. The van der Waals surface area contributed by atoms with E-state index in [0.717, 1.165) is 0 Å². The highest BCUT2D eigenvalue weighted by molar-refractivity contribution is 9.15. The largest absolute Gasteiger partial charge is 0.496 e. The van der Waals surface area contributed by atoms with Crippen LogP contribution in [-0.2, 0) is 4.79 Å². The molecule has 0 radical (unpaired) electrons. The zero-order valence-corrected chi connectivity index (χ0v) is 18.0. The number of nitrogens with one attached hydrogen (secondary N) is 1. The second-order valence-corrected chi connectivity index (χ2v) is 7.17. The van der Waals surface area contributed by atoms with Gasteiger partial charge in [-0.1, -0.05) is 30.4 Å². The van der Waals surface area contributed by atoms with E-state index in [1.165, 1.54) is 36.3 Å². The van der Waals surface area contributed by atoms with E-state index in [-0.39, 0.29) is 16.9 Å². The molecule has 0 bridgehead atoms. The summed E-state index contributed by atoms with van der Waals surface area (Å²) in [5.41, 5.74) is 0.621. The molecule has 0 spiro atoms. The number of halogens is 1. The molecule has 31 heavy (non-hydrogen) atoms. The van der Waals surface area contributed by atoms with Gasteiger partial charge in [0.2, 0.25) is 0 Å². The maximum absolute atomic E-state index is 13.2. The lowest BCUT2D eigenvalue weighted by Gasteiger charge is -2.22. The molecule has 9 heteroatoms. The van der Waals surface area contributed by atoms with Crippen molar-refractivity contribution in [2.75, 3.05) is 13.7 Å². The van der Waals surface area contributed by atoms with Crippen molar-refractivity contribution in [1.82, 2.24) is 10.2 Å². The van der Waals surface area contributed by atoms with Crippen LogP contribution >= 0.6 is 15.9 Å². The fourth-order valence-corrected chi connectivity index (χ4v) is 3.44. The van der Waals surface area contributed by atoms with Crippen LogP contribution in [0.15, 0.2) is 78.7 Å². The molecular weight excluding hydrogens is 466 g/mol. The SMILES string of the molecule is COc1ccccc1/C(Br)=C(\NC(=O)c1ccc([N+](=O)[O-])cc1)C(=O)N1C=CC=CC1. The molecule has 0 saturated carbocycles. The van der Waals surface area contributed by atoms with Crippen LogP contribution in [0.3, 0.4) is 0 Å². The van der Waals surface area contributed by atoms with Crippen molar-refractivity contribution in [1.29, 1.82) is 0 Å². The topological polar surface area (TPSA) is 102 Å². The molecule has 158 valence electrons. The zero-order valence-electron chi connectivity index (χ0n) is 16.4. The number of carbonyl (C=O) groups excluding carboxylic acids is 2. The second-order valence-electron chi connectivity index (χ2n) is 6.37. The molecule has 1 heterocycles. The third kappa shape index (κ3) is 5.07. The number of methoxy groups -OCH3 is 1. The Bertz CT molecular complexity index is 1110. The number of allylic oxidation sites excluding steroid dienone is 2. The third-order valence-electron chi connectivity index (χ3n) is 4.43. The lowest BCUT2D eigenvalue weighted by atomic mass is 10.1. The highest BCUT2D eigenvalue weighted by Gasteiger charge is 2.24. The molecule has 8 nitrogen and oxygen atoms in total. The van der Waals surface area contributed by atoms with Crippen molar-refractivity contribution >= 4 is 37.9 Å². The number of benzene rings is 2. The lowest BCUT2D eigenvalue weighted by molar-refractivity contribution is -0.384. The summed E-state index contributed by atoms with van der Waals surface area (Å²) in [4.78, 5) is 37.8. The van der Waals surface area contributed by atoms with Gasteiger partial charge in [-0.05, 0) is 40.2 Å². The van der Waals surface area contributed by atoms with Gasteiger partial charge < -0.3 is 15.0 Å². The Kier molecular flexibility index (Phi) is 6.99. The van der Waals surface area contributed by atoms with Gasteiger partial charge in [0.25, 0.3) is 17.5 Å². The van der Waals surface area contributed by atoms with Crippen LogP contribution in [0.2, 0.25) is 0 Å². The van der Waals surface area contributed by atoms with Gasteiger partial charge in [-0.25, -0.2) is 0 Å². The van der Waals surface area contributed by atoms with Crippen LogP contribution < -0.4 is 10.1 Å². The van der Waals surface area contributed by atoms with Crippen LogP contribution in [0.1, 0.15) is 15.9 Å². The summed E-state index contributed by atoms with van der Waals surface area (Å²) in [5, 5.41) is 13.5. The molecule has 1 aliphatic heterocycles. The predicted molar refractivity (Wildman–Crippen MR) is 119 cm³/mol. The van der Waals surface area contributed by atoms with Gasteiger partial charge in [-0.2, -0.15) is 0 Å². The normalized spacial score (nSPS) is 13.4. The van der Waals surface area contributed by atoms with Gasteiger partial charge in [-0.15, -0.1) is 0 Å². The number of amides is 2. The Morgan fingerprint density at radius 3 is 2.45 bits per heavy atom.